The second kappa shape index (κ2) is 5.98. The highest BCUT2D eigenvalue weighted by atomic mass is 19.1. The summed E-state index contributed by atoms with van der Waals surface area (Å²) < 4.78 is 23.7. The van der Waals surface area contributed by atoms with Crippen molar-refractivity contribution >= 4 is 0 Å². The van der Waals surface area contributed by atoms with Crippen LogP contribution in [0.1, 0.15) is 19.4 Å². The Morgan fingerprint density at radius 2 is 2.00 bits per heavy atom. The maximum Gasteiger partial charge on any atom is 0.131 e. The zero-order chi connectivity index (χ0) is 12.9. The van der Waals surface area contributed by atoms with Crippen molar-refractivity contribution in [3.05, 3.63) is 29.6 Å². The topological polar surface area (TPSA) is 30.5 Å². The van der Waals surface area contributed by atoms with Crippen molar-refractivity contribution in [1.82, 2.24) is 5.32 Å². The Labute approximate surface area is 102 Å². The number of hydrogen-bond acceptors (Lipinski definition) is 3. The monoisotopic (exact) mass is 241 g/mol. The van der Waals surface area contributed by atoms with E-state index in [1.54, 1.807) is 19.2 Å². The Morgan fingerprint density at radius 1 is 1.29 bits per heavy atom. The molecule has 0 radical (unpaired) electrons. The van der Waals surface area contributed by atoms with Crippen molar-refractivity contribution in [2.24, 2.45) is 0 Å². The van der Waals surface area contributed by atoms with Gasteiger partial charge in [-0.15, -0.1) is 0 Å². The van der Waals surface area contributed by atoms with Crippen LogP contribution in [-0.2, 0) is 11.3 Å². The average molecular weight is 241 g/mol. The third-order valence-electron chi connectivity index (χ3n) is 2.52. The summed E-state index contributed by atoms with van der Waals surface area (Å²) in [5.41, 5.74) is 0.441. The maximum atomic E-state index is 13.6. The lowest BCUT2D eigenvalue weighted by atomic mass is 10.1. The first-order valence-corrected chi connectivity index (χ1v) is 5.55. The first-order chi connectivity index (χ1) is 7.98. The van der Waals surface area contributed by atoms with Crippen LogP contribution in [0.15, 0.2) is 18.2 Å². The quantitative estimate of drug-likeness (QED) is 0.829. The summed E-state index contributed by atoms with van der Waals surface area (Å²) in [6.07, 6.45) is 0. The SMILES string of the molecule is COCC(C)(C)NCc1ccc(OC)cc1F. The summed E-state index contributed by atoms with van der Waals surface area (Å²) in [4.78, 5) is 0. The van der Waals surface area contributed by atoms with Crippen molar-refractivity contribution in [3.63, 3.8) is 0 Å². The van der Waals surface area contributed by atoms with Crippen LogP contribution in [0.4, 0.5) is 4.39 Å². The fraction of sp³-hybridized carbons (Fsp3) is 0.538. The molecule has 17 heavy (non-hydrogen) atoms. The fourth-order valence-corrected chi connectivity index (χ4v) is 1.54. The molecule has 0 unspecified atom stereocenters. The summed E-state index contributed by atoms with van der Waals surface area (Å²) in [5, 5.41) is 3.25. The molecule has 0 saturated carbocycles. The number of halogens is 1. The normalized spacial score (nSPS) is 11.6. The molecule has 1 rings (SSSR count). The molecule has 0 atom stereocenters. The minimum atomic E-state index is -0.259. The van der Waals surface area contributed by atoms with Crippen LogP contribution in [0.25, 0.3) is 0 Å². The Bertz CT molecular complexity index is 366. The number of benzene rings is 1. The molecule has 1 aromatic carbocycles. The van der Waals surface area contributed by atoms with E-state index in [1.165, 1.54) is 13.2 Å². The van der Waals surface area contributed by atoms with Gasteiger partial charge in [-0.3, -0.25) is 0 Å². The third kappa shape index (κ3) is 4.32. The van der Waals surface area contributed by atoms with Gasteiger partial charge >= 0.3 is 0 Å². The van der Waals surface area contributed by atoms with Crippen molar-refractivity contribution in [2.75, 3.05) is 20.8 Å². The molecule has 0 aliphatic rings. The van der Waals surface area contributed by atoms with Crippen molar-refractivity contribution in [1.29, 1.82) is 0 Å². The molecule has 0 bridgehead atoms. The van der Waals surface area contributed by atoms with Gasteiger partial charge in [-0.05, 0) is 19.9 Å². The number of rotatable bonds is 6. The van der Waals surface area contributed by atoms with E-state index in [1.807, 2.05) is 13.8 Å². The van der Waals surface area contributed by atoms with Crippen LogP contribution in [0.2, 0.25) is 0 Å². The van der Waals surface area contributed by atoms with E-state index in [4.69, 9.17) is 9.47 Å². The first-order valence-electron chi connectivity index (χ1n) is 5.55. The van der Waals surface area contributed by atoms with Crippen LogP contribution in [0.3, 0.4) is 0 Å². The van der Waals surface area contributed by atoms with E-state index in [-0.39, 0.29) is 11.4 Å². The second-order valence-corrected chi connectivity index (χ2v) is 4.63. The molecule has 3 nitrogen and oxygen atoms in total. The summed E-state index contributed by atoms with van der Waals surface area (Å²) in [6, 6.07) is 4.87. The largest absolute Gasteiger partial charge is 0.497 e. The number of ether oxygens (including phenoxy) is 2. The molecule has 96 valence electrons. The standard InChI is InChI=1S/C13H20FNO2/c1-13(2,9-16-3)15-8-10-5-6-11(17-4)7-12(10)14/h5-7,15H,8-9H2,1-4H3. The summed E-state index contributed by atoms with van der Waals surface area (Å²) >= 11 is 0. The molecule has 4 heteroatoms. The van der Waals surface area contributed by atoms with Crippen LogP contribution in [-0.4, -0.2) is 26.4 Å². The Morgan fingerprint density at radius 3 is 2.53 bits per heavy atom. The molecule has 0 spiro atoms. The second-order valence-electron chi connectivity index (χ2n) is 4.63. The van der Waals surface area contributed by atoms with Crippen LogP contribution in [0.5, 0.6) is 5.75 Å². The first kappa shape index (κ1) is 13.9. The molecule has 0 fully saturated rings. The Balaban J connectivity index is 2.63. The van der Waals surface area contributed by atoms with Gasteiger partial charge in [0.15, 0.2) is 0 Å². The van der Waals surface area contributed by atoms with Gasteiger partial charge in [0.05, 0.1) is 13.7 Å². The molecule has 1 aromatic rings. The highest BCUT2D eigenvalue weighted by Crippen LogP contribution is 2.16. The zero-order valence-electron chi connectivity index (χ0n) is 10.8. The zero-order valence-corrected chi connectivity index (χ0v) is 10.8. The molecule has 0 aliphatic heterocycles. The highest BCUT2D eigenvalue weighted by Gasteiger charge is 2.17. The lowest BCUT2D eigenvalue weighted by molar-refractivity contribution is 0.127. The van der Waals surface area contributed by atoms with E-state index in [9.17, 15) is 4.39 Å². The van der Waals surface area contributed by atoms with Gasteiger partial charge in [0.1, 0.15) is 11.6 Å². The van der Waals surface area contributed by atoms with Gasteiger partial charge < -0.3 is 14.8 Å². The molecule has 0 amide bonds. The van der Waals surface area contributed by atoms with Crippen molar-refractivity contribution < 1.29 is 13.9 Å². The van der Waals surface area contributed by atoms with E-state index in [0.717, 1.165) is 0 Å². The van der Waals surface area contributed by atoms with Crippen molar-refractivity contribution in [3.8, 4) is 5.75 Å². The minimum absolute atomic E-state index is 0.179. The van der Waals surface area contributed by atoms with Crippen LogP contribution >= 0.6 is 0 Å². The fourth-order valence-electron chi connectivity index (χ4n) is 1.54. The van der Waals surface area contributed by atoms with E-state index in [2.05, 4.69) is 5.32 Å². The van der Waals surface area contributed by atoms with Crippen molar-refractivity contribution in [2.45, 2.75) is 25.9 Å². The van der Waals surface area contributed by atoms with Gasteiger partial charge in [0.2, 0.25) is 0 Å². The number of methoxy groups -OCH3 is 2. The Kier molecular flexibility index (Phi) is 4.90. The number of nitrogens with one attached hydrogen (secondary N) is 1. The van der Waals surface area contributed by atoms with E-state index < -0.39 is 0 Å². The van der Waals surface area contributed by atoms with Gasteiger partial charge in [-0.1, -0.05) is 6.07 Å². The smallest absolute Gasteiger partial charge is 0.131 e. The summed E-state index contributed by atoms with van der Waals surface area (Å²) in [6.45, 7) is 5.06. The predicted octanol–water partition coefficient (Wildman–Crippen LogP) is 2.35. The summed E-state index contributed by atoms with van der Waals surface area (Å²) in [7, 11) is 3.17. The van der Waals surface area contributed by atoms with Crippen LogP contribution in [0, 0.1) is 5.82 Å². The molecule has 0 saturated heterocycles. The van der Waals surface area contributed by atoms with E-state index >= 15 is 0 Å². The van der Waals surface area contributed by atoms with Crippen LogP contribution < -0.4 is 10.1 Å². The molecule has 0 aliphatic carbocycles. The average Bonchev–Trinajstić information content (AvgIpc) is 2.27. The predicted molar refractivity (Wildman–Crippen MR) is 65.7 cm³/mol. The van der Waals surface area contributed by atoms with E-state index in [0.29, 0.717) is 24.5 Å². The van der Waals surface area contributed by atoms with Gasteiger partial charge in [-0.25, -0.2) is 4.39 Å². The minimum Gasteiger partial charge on any atom is -0.497 e. The lowest BCUT2D eigenvalue weighted by Gasteiger charge is -2.25. The molecule has 1 N–H and O–H groups in total. The Hall–Kier alpha value is -1.13. The molecular weight excluding hydrogens is 221 g/mol. The number of hydrogen-bond donors (Lipinski definition) is 1. The van der Waals surface area contributed by atoms with Gasteiger partial charge in [0.25, 0.3) is 0 Å². The lowest BCUT2D eigenvalue weighted by Crippen LogP contribution is -2.42. The highest BCUT2D eigenvalue weighted by molar-refractivity contribution is 5.28. The van der Waals surface area contributed by atoms with Gasteiger partial charge in [0, 0.05) is 30.8 Å². The molecule has 0 heterocycles. The molecular formula is C13H20FNO2. The molecule has 0 aromatic heterocycles. The van der Waals surface area contributed by atoms with Gasteiger partial charge in [-0.2, -0.15) is 0 Å². The summed E-state index contributed by atoms with van der Waals surface area (Å²) in [5.74, 6) is 0.271. The maximum absolute atomic E-state index is 13.6. The third-order valence-corrected chi connectivity index (χ3v) is 2.52.